The molecule has 0 aliphatic rings. The molecule has 0 saturated carbocycles. The van der Waals surface area contributed by atoms with Gasteiger partial charge in [-0.2, -0.15) is 0 Å². The Morgan fingerprint density at radius 2 is 1.90 bits per heavy atom. The molecule has 21 heavy (non-hydrogen) atoms. The van der Waals surface area contributed by atoms with Gasteiger partial charge in [0, 0.05) is 7.05 Å². The second-order valence-electron chi connectivity index (χ2n) is 5.97. The highest BCUT2D eigenvalue weighted by molar-refractivity contribution is 6.32. The van der Waals surface area contributed by atoms with Gasteiger partial charge in [-0.1, -0.05) is 17.7 Å². The van der Waals surface area contributed by atoms with Gasteiger partial charge in [-0.15, -0.1) is 0 Å². The van der Waals surface area contributed by atoms with E-state index in [0.717, 1.165) is 0 Å². The first-order valence-corrected chi connectivity index (χ1v) is 6.81. The molecule has 1 N–H and O–H groups in total. The Morgan fingerprint density at radius 1 is 1.33 bits per heavy atom. The molecule has 5 nitrogen and oxygen atoms in total. The number of hydrogen-bond donors (Lipinski definition) is 1. The lowest BCUT2D eigenvalue weighted by atomic mass is 9.92. The van der Waals surface area contributed by atoms with Crippen molar-refractivity contribution in [3.05, 3.63) is 28.8 Å². The number of rotatable bonds is 3. The number of nitrogens with zero attached hydrogens (tertiary/aromatic N) is 1. The second-order valence-corrected chi connectivity index (χ2v) is 6.38. The van der Waals surface area contributed by atoms with E-state index in [2.05, 4.69) is 0 Å². The summed E-state index contributed by atoms with van der Waals surface area (Å²) in [7, 11) is 1.48. The monoisotopic (exact) mass is 313 g/mol. The molecule has 6 heteroatoms. The van der Waals surface area contributed by atoms with Crippen molar-refractivity contribution in [1.29, 1.82) is 0 Å². The highest BCUT2D eigenvalue weighted by Crippen LogP contribution is 2.32. The molecular formula is C15H20ClNO4. The van der Waals surface area contributed by atoms with E-state index in [-0.39, 0.29) is 10.8 Å². The Bertz CT molecular complexity index is 553. The Kier molecular flexibility index (Phi) is 4.89. The quantitative estimate of drug-likeness (QED) is 0.869. The minimum Gasteiger partial charge on any atom is -0.506 e. The number of carbonyl (C=O) groups excluding carboxylic acids is 2. The molecular weight excluding hydrogens is 294 g/mol. The molecule has 116 valence electrons. The summed E-state index contributed by atoms with van der Waals surface area (Å²) in [5, 5.41) is 9.57. The topological polar surface area (TPSA) is 66.8 Å². The van der Waals surface area contributed by atoms with Crippen LogP contribution >= 0.6 is 11.6 Å². The van der Waals surface area contributed by atoms with Crippen molar-refractivity contribution in [3.8, 4) is 5.75 Å². The molecule has 1 aromatic rings. The van der Waals surface area contributed by atoms with E-state index in [0.29, 0.717) is 11.8 Å². The number of amides is 1. The van der Waals surface area contributed by atoms with Gasteiger partial charge in [0.15, 0.2) is 0 Å². The number of phenols is 1. The number of aromatic hydroxyl groups is 1. The molecule has 1 rings (SSSR count). The third-order valence-corrected chi connectivity index (χ3v) is 3.43. The van der Waals surface area contributed by atoms with Crippen LogP contribution in [0.5, 0.6) is 5.75 Å². The third kappa shape index (κ3) is 3.88. The van der Waals surface area contributed by atoms with Gasteiger partial charge in [0.05, 0.1) is 5.02 Å². The molecule has 1 unspecified atom stereocenters. The van der Waals surface area contributed by atoms with Crippen molar-refractivity contribution in [2.45, 2.75) is 38.8 Å². The summed E-state index contributed by atoms with van der Waals surface area (Å²) >= 11 is 5.87. The lowest BCUT2D eigenvalue weighted by molar-refractivity contribution is -0.117. The van der Waals surface area contributed by atoms with Crippen molar-refractivity contribution in [2.75, 3.05) is 7.05 Å². The molecule has 1 amide bonds. The third-order valence-electron chi connectivity index (χ3n) is 3.13. The first-order valence-electron chi connectivity index (χ1n) is 6.43. The second kappa shape index (κ2) is 5.93. The molecule has 0 aliphatic carbocycles. The standard InChI is InChI=1S/C15H20ClNO4/c1-14(2,3)21-13(20)17(5)15(4,9-18)10-6-7-12(19)11(16)8-10/h6-9,19H,1-5H3. The fourth-order valence-corrected chi connectivity index (χ4v) is 1.86. The van der Waals surface area contributed by atoms with Gasteiger partial charge in [-0.25, -0.2) is 4.79 Å². The molecule has 0 aromatic heterocycles. The van der Waals surface area contributed by atoms with Crippen LogP contribution in [0.4, 0.5) is 4.79 Å². The van der Waals surface area contributed by atoms with Crippen molar-refractivity contribution < 1.29 is 19.4 Å². The Balaban J connectivity index is 3.16. The van der Waals surface area contributed by atoms with E-state index < -0.39 is 17.2 Å². The van der Waals surface area contributed by atoms with Gasteiger partial charge in [0.1, 0.15) is 23.2 Å². The van der Waals surface area contributed by atoms with Crippen LogP contribution < -0.4 is 0 Å². The summed E-state index contributed by atoms with van der Waals surface area (Å²) < 4.78 is 5.27. The van der Waals surface area contributed by atoms with Crippen molar-refractivity contribution >= 4 is 24.0 Å². The molecule has 0 radical (unpaired) electrons. The van der Waals surface area contributed by atoms with Crippen LogP contribution in [0.1, 0.15) is 33.3 Å². The number of likely N-dealkylation sites (N-methyl/N-ethyl adjacent to an activating group) is 1. The largest absolute Gasteiger partial charge is 0.506 e. The van der Waals surface area contributed by atoms with Crippen molar-refractivity contribution in [2.24, 2.45) is 0 Å². The first kappa shape index (κ1) is 17.3. The summed E-state index contributed by atoms with van der Waals surface area (Å²) in [4.78, 5) is 24.9. The maximum Gasteiger partial charge on any atom is 0.411 e. The maximum absolute atomic E-state index is 12.2. The van der Waals surface area contributed by atoms with E-state index in [1.54, 1.807) is 27.7 Å². The van der Waals surface area contributed by atoms with Crippen molar-refractivity contribution in [1.82, 2.24) is 4.90 Å². The summed E-state index contributed by atoms with van der Waals surface area (Å²) in [6.07, 6.45) is 0.0147. The Labute approximate surface area is 129 Å². The highest BCUT2D eigenvalue weighted by atomic mass is 35.5. The van der Waals surface area contributed by atoms with E-state index in [9.17, 15) is 14.7 Å². The van der Waals surface area contributed by atoms with Gasteiger partial charge in [0.25, 0.3) is 0 Å². The summed E-state index contributed by atoms with van der Waals surface area (Å²) in [6, 6.07) is 4.37. The number of ether oxygens (including phenoxy) is 1. The average molecular weight is 314 g/mol. The van der Waals surface area contributed by atoms with E-state index in [1.165, 1.54) is 30.1 Å². The highest BCUT2D eigenvalue weighted by Gasteiger charge is 2.37. The van der Waals surface area contributed by atoms with E-state index in [1.807, 2.05) is 0 Å². The van der Waals surface area contributed by atoms with Gasteiger partial charge in [-0.3, -0.25) is 4.90 Å². The molecule has 0 bridgehead atoms. The van der Waals surface area contributed by atoms with Crippen LogP contribution in [-0.2, 0) is 15.1 Å². The van der Waals surface area contributed by atoms with Crippen LogP contribution in [0.25, 0.3) is 0 Å². The van der Waals surface area contributed by atoms with Crippen molar-refractivity contribution in [3.63, 3.8) is 0 Å². The summed E-state index contributed by atoms with van der Waals surface area (Å²) in [6.45, 7) is 6.81. The van der Waals surface area contributed by atoms with E-state index in [4.69, 9.17) is 16.3 Å². The SMILES string of the molecule is CN(C(=O)OC(C)(C)C)C(C)(C=O)c1ccc(O)c(Cl)c1. The predicted octanol–water partition coefficient (Wildman–Crippen LogP) is 3.33. The Hall–Kier alpha value is -1.75. The number of benzene rings is 1. The predicted molar refractivity (Wildman–Crippen MR) is 80.5 cm³/mol. The lowest BCUT2D eigenvalue weighted by Gasteiger charge is -2.35. The average Bonchev–Trinajstić information content (AvgIpc) is 2.38. The zero-order valence-electron chi connectivity index (χ0n) is 12.8. The van der Waals surface area contributed by atoms with Crippen LogP contribution in [-0.4, -0.2) is 35.0 Å². The fraction of sp³-hybridized carbons (Fsp3) is 0.467. The number of carbonyl (C=O) groups is 2. The number of phenolic OH excluding ortho intramolecular Hbond substituents is 1. The molecule has 1 atom stereocenters. The lowest BCUT2D eigenvalue weighted by Crippen LogP contribution is -2.48. The van der Waals surface area contributed by atoms with Crippen LogP contribution in [0.3, 0.4) is 0 Å². The van der Waals surface area contributed by atoms with Crippen LogP contribution in [0.15, 0.2) is 18.2 Å². The zero-order valence-corrected chi connectivity index (χ0v) is 13.6. The smallest absolute Gasteiger partial charge is 0.411 e. The van der Waals surface area contributed by atoms with Gasteiger partial charge >= 0.3 is 6.09 Å². The number of hydrogen-bond acceptors (Lipinski definition) is 4. The number of aldehydes is 1. The Morgan fingerprint density at radius 3 is 2.33 bits per heavy atom. The maximum atomic E-state index is 12.2. The summed E-state index contributed by atoms with van der Waals surface area (Å²) in [5.41, 5.74) is -1.44. The molecule has 0 saturated heterocycles. The minimum absolute atomic E-state index is 0.0893. The van der Waals surface area contributed by atoms with Gasteiger partial charge in [0.2, 0.25) is 0 Å². The van der Waals surface area contributed by atoms with Crippen LogP contribution in [0, 0.1) is 0 Å². The fourth-order valence-electron chi connectivity index (χ4n) is 1.68. The van der Waals surface area contributed by atoms with Crippen LogP contribution in [0.2, 0.25) is 5.02 Å². The first-order chi connectivity index (χ1) is 9.51. The van der Waals surface area contributed by atoms with Gasteiger partial charge < -0.3 is 14.6 Å². The van der Waals surface area contributed by atoms with E-state index >= 15 is 0 Å². The molecule has 0 spiro atoms. The molecule has 0 heterocycles. The van der Waals surface area contributed by atoms with Gasteiger partial charge in [-0.05, 0) is 45.4 Å². The normalized spacial score (nSPS) is 14.2. The zero-order chi connectivity index (χ0) is 16.4. The minimum atomic E-state index is -1.25. The molecule has 0 fully saturated rings. The summed E-state index contributed by atoms with van der Waals surface area (Å²) in [5.74, 6) is -0.0893. The number of halogens is 1. The molecule has 1 aromatic carbocycles. The molecule has 0 aliphatic heterocycles.